The van der Waals surface area contributed by atoms with Crippen LogP contribution in [0.15, 0.2) is 30.6 Å². The lowest BCUT2D eigenvalue weighted by Gasteiger charge is -2.32. The summed E-state index contributed by atoms with van der Waals surface area (Å²) in [4.78, 5) is 33.9. The van der Waals surface area contributed by atoms with E-state index in [9.17, 15) is 4.79 Å². The molecular formula is C23H25N7OS. The van der Waals surface area contributed by atoms with E-state index in [1.807, 2.05) is 24.3 Å². The number of anilines is 2. The summed E-state index contributed by atoms with van der Waals surface area (Å²) in [6.45, 7) is 2.47. The van der Waals surface area contributed by atoms with Crippen molar-refractivity contribution in [2.75, 3.05) is 23.3 Å². The van der Waals surface area contributed by atoms with Crippen molar-refractivity contribution in [2.24, 2.45) is 5.92 Å². The Morgan fingerprint density at radius 3 is 2.94 bits per heavy atom. The van der Waals surface area contributed by atoms with Crippen LogP contribution in [0.5, 0.6) is 0 Å². The normalized spacial score (nSPS) is 19.1. The van der Waals surface area contributed by atoms with E-state index in [2.05, 4.69) is 29.7 Å². The molecule has 1 aromatic carbocycles. The molecule has 164 valence electrons. The minimum absolute atomic E-state index is 0.0275. The lowest BCUT2D eigenvalue weighted by Crippen LogP contribution is -2.41. The van der Waals surface area contributed by atoms with Gasteiger partial charge in [-0.15, -0.1) is 0 Å². The van der Waals surface area contributed by atoms with Crippen molar-refractivity contribution in [3.63, 3.8) is 0 Å². The molecule has 0 radical (unpaired) electrons. The summed E-state index contributed by atoms with van der Waals surface area (Å²) in [5.41, 5.74) is 2.71. The molecule has 3 aromatic heterocycles. The van der Waals surface area contributed by atoms with E-state index in [0.29, 0.717) is 11.7 Å². The molecule has 5 heterocycles. The Balaban J connectivity index is 1.24. The second kappa shape index (κ2) is 8.12. The highest BCUT2D eigenvalue weighted by molar-refractivity contribution is 7.22. The lowest BCUT2D eigenvalue weighted by molar-refractivity contribution is -0.120. The molecule has 1 atom stereocenters. The monoisotopic (exact) mass is 447 g/mol. The molecule has 6 rings (SSSR count). The summed E-state index contributed by atoms with van der Waals surface area (Å²) < 4.78 is 3.34. The predicted molar refractivity (Wildman–Crippen MR) is 126 cm³/mol. The van der Waals surface area contributed by atoms with Crippen molar-refractivity contribution in [1.82, 2.24) is 24.5 Å². The number of carbonyl (C=O) groups excluding carboxylic acids is 1. The molecule has 9 heteroatoms. The highest BCUT2D eigenvalue weighted by Crippen LogP contribution is 2.31. The molecule has 8 nitrogen and oxygen atoms in total. The number of amides is 1. The van der Waals surface area contributed by atoms with Crippen LogP contribution in [-0.2, 0) is 17.8 Å². The third kappa shape index (κ3) is 3.50. The van der Waals surface area contributed by atoms with E-state index in [-0.39, 0.29) is 11.8 Å². The molecule has 4 aromatic rings. The molecular weight excluding hydrogens is 422 g/mol. The average Bonchev–Trinajstić information content (AvgIpc) is 3.31. The number of imidazole rings is 1. The zero-order valence-electron chi connectivity index (χ0n) is 17.8. The first-order chi connectivity index (χ1) is 15.8. The molecule has 2 aliphatic rings. The SMILES string of the molecule is O=C(Nc1nc2ccccc2s1)C1CCCN(c2ncnc3c2nc2n3CCCCC2)C1. The molecule has 1 amide bonds. The van der Waals surface area contributed by atoms with Crippen molar-refractivity contribution < 1.29 is 4.79 Å². The highest BCUT2D eigenvalue weighted by atomic mass is 32.1. The zero-order valence-corrected chi connectivity index (χ0v) is 18.6. The Hall–Kier alpha value is -3.07. The molecule has 1 unspecified atom stereocenters. The first-order valence-corrected chi connectivity index (χ1v) is 12.2. The predicted octanol–water partition coefficient (Wildman–Crippen LogP) is 4.02. The van der Waals surface area contributed by atoms with Crippen LogP contribution in [0.4, 0.5) is 10.9 Å². The van der Waals surface area contributed by atoms with Crippen LogP contribution in [0.2, 0.25) is 0 Å². The Kier molecular flexibility index (Phi) is 4.98. The van der Waals surface area contributed by atoms with Crippen molar-refractivity contribution >= 4 is 49.6 Å². The van der Waals surface area contributed by atoms with Crippen LogP contribution in [-0.4, -0.2) is 43.5 Å². The molecule has 1 saturated heterocycles. The van der Waals surface area contributed by atoms with E-state index in [0.717, 1.165) is 71.8 Å². The highest BCUT2D eigenvalue weighted by Gasteiger charge is 2.29. The van der Waals surface area contributed by atoms with E-state index in [1.54, 1.807) is 6.33 Å². The van der Waals surface area contributed by atoms with Gasteiger partial charge < -0.3 is 14.8 Å². The fourth-order valence-electron chi connectivity index (χ4n) is 4.87. The number of hydrogen-bond donors (Lipinski definition) is 1. The quantitative estimate of drug-likeness (QED) is 0.510. The first kappa shape index (κ1) is 19.6. The number of thiazole rings is 1. The third-order valence-corrected chi connectivity index (χ3v) is 7.44. The zero-order chi connectivity index (χ0) is 21.5. The summed E-state index contributed by atoms with van der Waals surface area (Å²) in [5, 5.41) is 3.71. The van der Waals surface area contributed by atoms with Gasteiger partial charge in [0.15, 0.2) is 22.1 Å². The van der Waals surface area contributed by atoms with E-state index in [1.165, 1.54) is 24.2 Å². The average molecular weight is 448 g/mol. The fourth-order valence-corrected chi connectivity index (χ4v) is 5.74. The van der Waals surface area contributed by atoms with Crippen LogP contribution in [0.3, 0.4) is 0 Å². The third-order valence-electron chi connectivity index (χ3n) is 6.49. The number of piperidine rings is 1. The van der Waals surface area contributed by atoms with Crippen molar-refractivity contribution in [3.8, 4) is 0 Å². The van der Waals surface area contributed by atoms with Gasteiger partial charge >= 0.3 is 0 Å². The molecule has 0 saturated carbocycles. The minimum atomic E-state index is -0.110. The van der Waals surface area contributed by atoms with Crippen molar-refractivity contribution in [2.45, 2.75) is 45.1 Å². The van der Waals surface area contributed by atoms with Gasteiger partial charge in [0.1, 0.15) is 12.2 Å². The number of rotatable bonds is 3. The molecule has 1 N–H and O–H groups in total. The summed E-state index contributed by atoms with van der Waals surface area (Å²) in [7, 11) is 0. The van der Waals surface area contributed by atoms with Gasteiger partial charge in [-0.3, -0.25) is 4.79 Å². The van der Waals surface area contributed by atoms with Gasteiger partial charge in [-0.1, -0.05) is 29.9 Å². The maximum atomic E-state index is 13.1. The number of aromatic nitrogens is 5. The maximum absolute atomic E-state index is 13.1. The van der Waals surface area contributed by atoms with E-state index in [4.69, 9.17) is 4.98 Å². The van der Waals surface area contributed by atoms with E-state index >= 15 is 0 Å². The summed E-state index contributed by atoms with van der Waals surface area (Å²) in [6, 6.07) is 7.95. The van der Waals surface area contributed by atoms with Gasteiger partial charge in [-0.2, -0.15) is 0 Å². The lowest BCUT2D eigenvalue weighted by atomic mass is 9.97. The Labute approximate surface area is 189 Å². The largest absolute Gasteiger partial charge is 0.354 e. The van der Waals surface area contributed by atoms with E-state index < -0.39 is 0 Å². The minimum Gasteiger partial charge on any atom is -0.354 e. The Morgan fingerprint density at radius 2 is 2.00 bits per heavy atom. The van der Waals surface area contributed by atoms with Gasteiger partial charge in [0.25, 0.3) is 0 Å². The molecule has 32 heavy (non-hydrogen) atoms. The summed E-state index contributed by atoms with van der Waals surface area (Å²) >= 11 is 1.52. The molecule has 0 spiro atoms. The van der Waals surface area contributed by atoms with Gasteiger partial charge in [-0.05, 0) is 37.8 Å². The molecule has 0 bridgehead atoms. The van der Waals surface area contributed by atoms with Crippen LogP contribution in [0.1, 0.15) is 37.9 Å². The second-order valence-electron chi connectivity index (χ2n) is 8.62. The van der Waals surface area contributed by atoms with Gasteiger partial charge in [-0.25, -0.2) is 19.9 Å². The van der Waals surface area contributed by atoms with Crippen LogP contribution in [0, 0.1) is 5.92 Å². The van der Waals surface area contributed by atoms with Crippen molar-refractivity contribution in [3.05, 3.63) is 36.4 Å². The molecule has 0 aliphatic carbocycles. The second-order valence-corrected chi connectivity index (χ2v) is 9.65. The maximum Gasteiger partial charge on any atom is 0.231 e. The summed E-state index contributed by atoms with van der Waals surface area (Å²) in [5.74, 6) is 1.88. The number of fused-ring (bicyclic) bond motifs is 4. The van der Waals surface area contributed by atoms with Crippen LogP contribution >= 0.6 is 11.3 Å². The van der Waals surface area contributed by atoms with Crippen molar-refractivity contribution in [1.29, 1.82) is 0 Å². The Morgan fingerprint density at radius 1 is 1.06 bits per heavy atom. The van der Waals surface area contributed by atoms with Gasteiger partial charge in [0.2, 0.25) is 5.91 Å². The summed E-state index contributed by atoms with van der Waals surface area (Å²) in [6.07, 6.45) is 8.00. The number of hydrogen-bond acceptors (Lipinski definition) is 7. The van der Waals surface area contributed by atoms with Crippen LogP contribution < -0.4 is 10.2 Å². The number of carbonyl (C=O) groups is 1. The first-order valence-electron chi connectivity index (χ1n) is 11.4. The van der Waals surface area contributed by atoms with Gasteiger partial charge in [0.05, 0.1) is 16.1 Å². The fraction of sp³-hybridized carbons (Fsp3) is 0.435. The topological polar surface area (TPSA) is 88.8 Å². The number of nitrogens with one attached hydrogen (secondary N) is 1. The Bertz CT molecular complexity index is 1260. The molecule has 2 aliphatic heterocycles. The number of benzene rings is 1. The number of para-hydroxylation sites is 1. The van der Waals surface area contributed by atoms with Gasteiger partial charge in [0, 0.05) is 26.1 Å². The smallest absolute Gasteiger partial charge is 0.231 e. The number of aryl methyl sites for hydroxylation is 2. The number of nitrogens with zero attached hydrogens (tertiary/aromatic N) is 6. The van der Waals surface area contributed by atoms with Crippen LogP contribution in [0.25, 0.3) is 21.4 Å². The standard InChI is InChI=1S/C23H25N7OS/c31-22(28-23-26-16-8-3-4-9-17(16)32-23)15-7-6-11-29(13-15)20-19-21(25-14-24-20)30-12-5-1-2-10-18(30)27-19/h3-4,8-9,14-15H,1-2,5-7,10-13H2,(H,26,28,31). The molecule has 1 fully saturated rings.